The molecular formula is C29H52O20. The highest BCUT2D eigenvalue weighted by atomic mass is 16.7. The van der Waals surface area contributed by atoms with Gasteiger partial charge in [-0.15, -0.1) is 0 Å². The van der Waals surface area contributed by atoms with Crippen molar-refractivity contribution in [2.24, 2.45) is 5.92 Å². The summed E-state index contributed by atoms with van der Waals surface area (Å²) >= 11 is 0. The summed E-state index contributed by atoms with van der Waals surface area (Å²) in [6, 6.07) is 0. The molecule has 14 unspecified atom stereocenters. The van der Waals surface area contributed by atoms with Crippen LogP contribution in [0.3, 0.4) is 0 Å². The van der Waals surface area contributed by atoms with Gasteiger partial charge in [-0.2, -0.15) is 0 Å². The van der Waals surface area contributed by atoms with E-state index in [1.54, 1.807) is 6.92 Å². The monoisotopic (exact) mass is 720 g/mol. The maximum atomic E-state index is 10.2. The molecule has 0 saturated carbocycles. The molecule has 15 N–H and O–H groups in total. The summed E-state index contributed by atoms with van der Waals surface area (Å²) in [5, 5.41) is 145. The van der Waals surface area contributed by atoms with Crippen LogP contribution in [0.1, 0.15) is 6.92 Å². The van der Waals surface area contributed by atoms with Crippen LogP contribution in [0.25, 0.3) is 0 Å². The minimum atomic E-state index is -1.93. The van der Waals surface area contributed by atoms with E-state index in [1.807, 2.05) is 0 Å². The molecule has 1 aliphatic heterocycles. The van der Waals surface area contributed by atoms with E-state index in [-0.39, 0.29) is 6.61 Å². The normalized spacial score (nSPS) is 29.4. The lowest BCUT2D eigenvalue weighted by molar-refractivity contribution is -0.282. The highest BCUT2D eigenvalue weighted by molar-refractivity contribution is 4.98. The maximum Gasteiger partial charge on any atom is 0.198 e. The van der Waals surface area contributed by atoms with Gasteiger partial charge in [0.25, 0.3) is 0 Å². The Morgan fingerprint density at radius 1 is 0.551 bits per heavy atom. The Bertz CT molecular complexity index is 970. The third kappa shape index (κ3) is 13.5. The summed E-state index contributed by atoms with van der Waals surface area (Å²) in [6.07, 6.45) is -20.6. The van der Waals surface area contributed by atoms with Gasteiger partial charge in [0.1, 0.15) is 92.1 Å². The van der Waals surface area contributed by atoms with Gasteiger partial charge in [0.2, 0.25) is 0 Å². The van der Waals surface area contributed by atoms with Crippen molar-refractivity contribution in [1.29, 1.82) is 0 Å². The molecule has 49 heavy (non-hydrogen) atoms. The van der Waals surface area contributed by atoms with E-state index in [2.05, 4.69) is 0 Å². The zero-order valence-corrected chi connectivity index (χ0v) is 26.9. The molecule has 1 saturated heterocycles. The first-order valence-electron chi connectivity index (χ1n) is 15.2. The highest BCUT2D eigenvalue weighted by Crippen LogP contribution is 2.31. The van der Waals surface area contributed by atoms with Crippen LogP contribution in [0, 0.1) is 5.92 Å². The van der Waals surface area contributed by atoms with Crippen LogP contribution in [0.2, 0.25) is 0 Å². The second-order valence-electron chi connectivity index (χ2n) is 11.3. The number of methoxy groups -OCH3 is 1. The van der Waals surface area contributed by atoms with Crippen molar-refractivity contribution in [1.82, 2.24) is 0 Å². The molecule has 1 heterocycles. The number of ether oxygens (including phenoxy) is 5. The molecule has 0 aliphatic carbocycles. The van der Waals surface area contributed by atoms with E-state index in [9.17, 15) is 61.3 Å². The van der Waals surface area contributed by atoms with E-state index < -0.39 is 124 Å². The van der Waals surface area contributed by atoms with Crippen molar-refractivity contribution >= 4 is 0 Å². The van der Waals surface area contributed by atoms with Crippen molar-refractivity contribution in [3.63, 3.8) is 0 Å². The van der Waals surface area contributed by atoms with Crippen molar-refractivity contribution < 1.29 is 100 Å². The second kappa shape index (κ2) is 22.7. The second-order valence-corrected chi connectivity index (χ2v) is 11.3. The molecule has 20 heteroatoms. The smallest absolute Gasteiger partial charge is 0.198 e. The van der Waals surface area contributed by atoms with Crippen LogP contribution in [0.5, 0.6) is 0 Å². The van der Waals surface area contributed by atoms with Gasteiger partial charge in [-0.25, -0.2) is 0 Å². The zero-order chi connectivity index (χ0) is 37.4. The molecule has 0 aromatic carbocycles. The fraction of sp³-hybridized carbons (Fsp3) is 0.793. The van der Waals surface area contributed by atoms with Gasteiger partial charge in [0.05, 0.1) is 38.6 Å². The SMILES string of the molecule is CO[C@@H]1OC(COC=CC(O)C(O)C(O)C(O)CO)[C@@H](C)[C@H](OC=CC(O)C(O)C(O)C(O)CO)C1OC=CC(O)C(O)C(O)C(O)CO. The Balaban J connectivity index is 3.15. The van der Waals surface area contributed by atoms with Gasteiger partial charge in [-0.3, -0.25) is 0 Å². The molecule has 0 spiro atoms. The van der Waals surface area contributed by atoms with Gasteiger partial charge in [0.15, 0.2) is 12.4 Å². The van der Waals surface area contributed by atoms with Crippen molar-refractivity contribution in [2.45, 2.75) is 105 Å². The summed E-state index contributed by atoms with van der Waals surface area (Å²) in [5.74, 6) is -0.680. The van der Waals surface area contributed by atoms with Crippen LogP contribution in [0.4, 0.5) is 0 Å². The number of rotatable bonds is 23. The molecule has 1 rings (SSSR count). The molecule has 20 nitrogen and oxygen atoms in total. The van der Waals surface area contributed by atoms with Crippen LogP contribution in [0.15, 0.2) is 37.0 Å². The molecule has 1 fully saturated rings. The quantitative estimate of drug-likeness (QED) is 0.0436. The molecule has 0 radical (unpaired) electrons. The maximum absolute atomic E-state index is 10.2. The number of aliphatic hydroxyl groups excluding tert-OH is 15. The van der Waals surface area contributed by atoms with Crippen molar-refractivity contribution in [3.8, 4) is 0 Å². The molecule has 17 atom stereocenters. The average Bonchev–Trinajstić information content (AvgIpc) is 3.11. The number of aliphatic hydroxyl groups is 15. The Morgan fingerprint density at radius 3 is 1.29 bits per heavy atom. The average molecular weight is 721 g/mol. The predicted molar refractivity (Wildman–Crippen MR) is 161 cm³/mol. The van der Waals surface area contributed by atoms with Gasteiger partial charge < -0.3 is 100 Å². The van der Waals surface area contributed by atoms with Crippen LogP contribution < -0.4 is 0 Å². The van der Waals surface area contributed by atoms with Crippen molar-refractivity contribution in [3.05, 3.63) is 37.0 Å². The summed E-state index contributed by atoms with van der Waals surface area (Å²) in [7, 11) is 1.24. The highest BCUT2D eigenvalue weighted by Gasteiger charge is 2.47. The lowest BCUT2D eigenvalue weighted by Crippen LogP contribution is -2.56. The van der Waals surface area contributed by atoms with Crippen LogP contribution in [-0.4, -0.2) is 208 Å². The summed E-state index contributed by atoms with van der Waals surface area (Å²) in [4.78, 5) is 0. The predicted octanol–water partition coefficient (Wildman–Crippen LogP) is -7.37. The number of hydrogen-bond acceptors (Lipinski definition) is 20. The van der Waals surface area contributed by atoms with Gasteiger partial charge in [-0.1, -0.05) is 6.92 Å². The Kier molecular flexibility index (Phi) is 20.8. The van der Waals surface area contributed by atoms with Crippen molar-refractivity contribution in [2.75, 3.05) is 33.5 Å². The zero-order valence-electron chi connectivity index (χ0n) is 26.9. The van der Waals surface area contributed by atoms with Gasteiger partial charge in [0, 0.05) is 13.0 Å². The molecule has 1 aliphatic rings. The third-order valence-corrected chi connectivity index (χ3v) is 7.74. The minimum Gasteiger partial charge on any atom is -0.499 e. The largest absolute Gasteiger partial charge is 0.499 e. The standard InChI is InChI=1S/C29H52O20/c1-13-20(12-46-6-3-14(33)21(39)24(42)17(36)9-30)49-29(45-2)28(48-8-5-16(35)23(41)26(44)19(38)11-32)27(13)47-7-4-15(34)22(40)25(43)18(37)10-31/h3-8,13-44H,9-12H2,1-2H3/t13-,14?,15?,16?,17?,18?,19?,20?,21?,22?,23?,24?,25?,26?,27+,28?,29-/m1/s1. The lowest BCUT2D eigenvalue weighted by Gasteiger charge is -2.43. The molecule has 0 aromatic heterocycles. The van der Waals surface area contributed by atoms with E-state index in [1.165, 1.54) is 7.11 Å². The summed E-state index contributed by atoms with van der Waals surface area (Å²) in [5.41, 5.74) is 0. The van der Waals surface area contributed by atoms with E-state index in [0.717, 1.165) is 37.0 Å². The van der Waals surface area contributed by atoms with Crippen LogP contribution in [-0.2, 0) is 23.7 Å². The fourth-order valence-corrected chi connectivity index (χ4v) is 4.44. The topological polar surface area (TPSA) is 350 Å². The first-order chi connectivity index (χ1) is 23.1. The first kappa shape index (κ1) is 45.0. The molecule has 288 valence electrons. The molecule has 0 bridgehead atoms. The van der Waals surface area contributed by atoms with E-state index in [4.69, 9.17) is 39.0 Å². The summed E-state index contributed by atoms with van der Waals surface area (Å²) in [6.45, 7) is -1.27. The molecule has 0 aromatic rings. The third-order valence-electron chi connectivity index (χ3n) is 7.74. The minimum absolute atomic E-state index is 0.239. The van der Waals surface area contributed by atoms with Gasteiger partial charge >= 0.3 is 0 Å². The Hall–Kier alpha value is -2.06. The Morgan fingerprint density at radius 2 is 0.918 bits per heavy atom. The summed E-state index contributed by atoms with van der Waals surface area (Å²) < 4.78 is 28.2. The number of hydrogen-bond donors (Lipinski definition) is 15. The van der Waals surface area contributed by atoms with E-state index in [0.29, 0.717) is 0 Å². The first-order valence-corrected chi connectivity index (χ1v) is 15.2. The van der Waals surface area contributed by atoms with Crippen LogP contribution >= 0.6 is 0 Å². The Labute approximate surface area is 281 Å². The molecular weight excluding hydrogens is 668 g/mol. The lowest BCUT2D eigenvalue weighted by atomic mass is 9.90. The van der Waals surface area contributed by atoms with E-state index >= 15 is 0 Å². The fourth-order valence-electron chi connectivity index (χ4n) is 4.44. The molecule has 0 amide bonds. The van der Waals surface area contributed by atoms with Gasteiger partial charge in [-0.05, 0) is 18.2 Å².